The van der Waals surface area contributed by atoms with Gasteiger partial charge in [0.25, 0.3) is 0 Å². The second-order valence-corrected chi connectivity index (χ2v) is 7.14. The van der Waals surface area contributed by atoms with Crippen molar-refractivity contribution in [3.8, 4) is 0 Å². The van der Waals surface area contributed by atoms with Gasteiger partial charge in [-0.2, -0.15) is 0 Å². The molecule has 27 heavy (non-hydrogen) atoms. The highest BCUT2D eigenvalue weighted by Gasteiger charge is 2.32. The molecule has 2 aromatic carbocycles. The second-order valence-electron chi connectivity index (χ2n) is 6.30. The van der Waals surface area contributed by atoms with Crippen LogP contribution in [0.4, 0.5) is 15.8 Å². The van der Waals surface area contributed by atoms with E-state index >= 15 is 0 Å². The van der Waals surface area contributed by atoms with Crippen LogP contribution in [-0.2, 0) is 9.59 Å². The van der Waals surface area contributed by atoms with Crippen LogP contribution >= 0.6 is 23.2 Å². The van der Waals surface area contributed by atoms with Gasteiger partial charge in [-0.15, -0.1) is 0 Å². The van der Waals surface area contributed by atoms with Crippen molar-refractivity contribution in [3.05, 3.63) is 58.3 Å². The maximum atomic E-state index is 12.9. The summed E-state index contributed by atoms with van der Waals surface area (Å²) in [6.07, 6.45) is 1.47. The topological polar surface area (TPSA) is 61.4 Å². The normalized spacial score (nSPS) is 16.9. The lowest BCUT2D eigenvalue weighted by molar-refractivity contribution is -0.122. The Labute approximate surface area is 166 Å². The molecular formula is C19H18Cl2FN3O2. The predicted octanol–water partition coefficient (Wildman–Crippen LogP) is 4.17. The lowest BCUT2D eigenvalue weighted by atomic mass is 10.2. The van der Waals surface area contributed by atoms with Crippen molar-refractivity contribution in [2.75, 3.05) is 23.7 Å². The minimum atomic E-state index is -0.421. The average Bonchev–Trinajstić information content (AvgIpc) is 3.07. The molecule has 0 radical (unpaired) electrons. The van der Waals surface area contributed by atoms with Crippen LogP contribution in [0.1, 0.15) is 12.8 Å². The summed E-state index contributed by atoms with van der Waals surface area (Å²) < 4.78 is 12.9. The van der Waals surface area contributed by atoms with Gasteiger partial charge in [-0.25, -0.2) is 4.39 Å². The zero-order valence-corrected chi connectivity index (χ0v) is 15.9. The molecule has 1 atom stereocenters. The van der Waals surface area contributed by atoms with Gasteiger partial charge in [-0.05, 0) is 61.9 Å². The quantitative estimate of drug-likeness (QED) is 0.778. The Balaban J connectivity index is 1.59. The number of likely N-dealkylation sites (tertiary alicyclic amines) is 1. The molecule has 0 unspecified atom stereocenters. The van der Waals surface area contributed by atoms with Crippen LogP contribution in [0.15, 0.2) is 42.5 Å². The van der Waals surface area contributed by atoms with Gasteiger partial charge in [0, 0.05) is 10.7 Å². The van der Waals surface area contributed by atoms with Crippen LogP contribution in [0.5, 0.6) is 0 Å². The van der Waals surface area contributed by atoms with Gasteiger partial charge in [0.1, 0.15) is 5.82 Å². The Morgan fingerprint density at radius 1 is 1.11 bits per heavy atom. The van der Waals surface area contributed by atoms with Crippen molar-refractivity contribution >= 4 is 46.4 Å². The fraction of sp³-hybridized carbons (Fsp3) is 0.263. The highest BCUT2D eigenvalue weighted by molar-refractivity contribution is 6.36. The summed E-state index contributed by atoms with van der Waals surface area (Å²) in [6.45, 7) is 0.715. The fourth-order valence-corrected chi connectivity index (χ4v) is 3.49. The molecule has 0 spiro atoms. The van der Waals surface area contributed by atoms with Crippen LogP contribution < -0.4 is 10.6 Å². The zero-order valence-electron chi connectivity index (χ0n) is 14.3. The van der Waals surface area contributed by atoms with Crippen molar-refractivity contribution in [1.29, 1.82) is 0 Å². The van der Waals surface area contributed by atoms with Gasteiger partial charge >= 0.3 is 0 Å². The molecule has 0 bridgehead atoms. The first kappa shape index (κ1) is 19.6. The van der Waals surface area contributed by atoms with Gasteiger partial charge < -0.3 is 10.6 Å². The van der Waals surface area contributed by atoms with Gasteiger partial charge in [-0.1, -0.05) is 23.2 Å². The Morgan fingerprint density at radius 2 is 1.85 bits per heavy atom. The lowest BCUT2D eigenvalue weighted by Crippen LogP contribution is -2.43. The van der Waals surface area contributed by atoms with E-state index in [1.165, 1.54) is 24.3 Å². The third kappa shape index (κ3) is 5.19. The van der Waals surface area contributed by atoms with Gasteiger partial charge in [0.2, 0.25) is 11.8 Å². The number of amides is 2. The third-order valence-electron chi connectivity index (χ3n) is 4.33. The maximum Gasteiger partial charge on any atom is 0.241 e. The summed E-state index contributed by atoms with van der Waals surface area (Å²) in [5.41, 5.74) is 0.989. The summed E-state index contributed by atoms with van der Waals surface area (Å²) in [7, 11) is 0. The molecule has 2 amide bonds. The molecule has 1 heterocycles. The molecule has 2 N–H and O–H groups in total. The zero-order chi connectivity index (χ0) is 19.4. The van der Waals surface area contributed by atoms with Gasteiger partial charge in [0.15, 0.2) is 0 Å². The Hall–Kier alpha value is -2.15. The highest BCUT2D eigenvalue weighted by atomic mass is 35.5. The molecule has 1 aliphatic heterocycles. The van der Waals surface area contributed by atoms with Crippen molar-refractivity contribution in [1.82, 2.24) is 4.90 Å². The molecule has 0 aliphatic carbocycles. The largest absolute Gasteiger partial charge is 0.325 e. The van der Waals surface area contributed by atoms with Crippen LogP contribution in [0.3, 0.4) is 0 Å². The Kier molecular flexibility index (Phi) is 6.31. The summed E-state index contributed by atoms with van der Waals surface area (Å²) in [5.74, 6) is -0.845. The molecule has 2 aromatic rings. The number of hydrogen-bond acceptors (Lipinski definition) is 3. The summed E-state index contributed by atoms with van der Waals surface area (Å²) >= 11 is 12.0. The van der Waals surface area contributed by atoms with E-state index in [0.717, 1.165) is 6.42 Å². The smallest absolute Gasteiger partial charge is 0.241 e. The minimum absolute atomic E-state index is 0.0732. The lowest BCUT2D eigenvalue weighted by Gasteiger charge is -2.23. The van der Waals surface area contributed by atoms with E-state index in [1.807, 2.05) is 4.90 Å². The SMILES string of the molecule is O=C(CN1CCC[C@@H]1C(=O)Nc1ccc(Cl)cc1Cl)Nc1ccc(F)cc1. The number of benzene rings is 2. The van der Waals surface area contributed by atoms with Crippen molar-refractivity contribution in [2.45, 2.75) is 18.9 Å². The first-order chi connectivity index (χ1) is 12.9. The molecule has 0 saturated carbocycles. The first-order valence-corrected chi connectivity index (χ1v) is 9.23. The number of anilines is 2. The van der Waals surface area contributed by atoms with E-state index < -0.39 is 6.04 Å². The number of nitrogens with zero attached hydrogens (tertiary/aromatic N) is 1. The van der Waals surface area contributed by atoms with E-state index in [0.29, 0.717) is 34.4 Å². The average molecular weight is 410 g/mol. The van der Waals surface area contributed by atoms with Crippen LogP contribution in [-0.4, -0.2) is 35.8 Å². The van der Waals surface area contributed by atoms with Crippen LogP contribution in [0.25, 0.3) is 0 Å². The molecule has 0 aromatic heterocycles. The molecular weight excluding hydrogens is 392 g/mol. The summed E-state index contributed by atoms with van der Waals surface area (Å²) in [6, 6.07) is 9.95. The van der Waals surface area contributed by atoms with E-state index in [-0.39, 0.29) is 24.2 Å². The van der Waals surface area contributed by atoms with Crippen molar-refractivity contribution in [3.63, 3.8) is 0 Å². The van der Waals surface area contributed by atoms with Gasteiger partial charge in [0.05, 0.1) is 23.3 Å². The predicted molar refractivity (Wildman–Crippen MR) is 105 cm³/mol. The molecule has 1 saturated heterocycles. The first-order valence-electron chi connectivity index (χ1n) is 8.48. The molecule has 5 nitrogen and oxygen atoms in total. The molecule has 1 aliphatic rings. The Morgan fingerprint density at radius 3 is 2.56 bits per heavy atom. The molecule has 142 valence electrons. The number of carbonyl (C=O) groups is 2. The van der Waals surface area contributed by atoms with E-state index in [9.17, 15) is 14.0 Å². The third-order valence-corrected chi connectivity index (χ3v) is 4.88. The number of nitrogens with one attached hydrogen (secondary N) is 2. The minimum Gasteiger partial charge on any atom is -0.325 e. The van der Waals surface area contributed by atoms with E-state index in [2.05, 4.69) is 10.6 Å². The highest BCUT2D eigenvalue weighted by Crippen LogP contribution is 2.27. The van der Waals surface area contributed by atoms with Crippen LogP contribution in [0, 0.1) is 5.82 Å². The molecule has 3 rings (SSSR count). The maximum absolute atomic E-state index is 12.9. The number of carbonyl (C=O) groups excluding carboxylic acids is 2. The van der Waals surface area contributed by atoms with E-state index in [4.69, 9.17) is 23.2 Å². The number of rotatable bonds is 5. The Bertz CT molecular complexity index is 845. The van der Waals surface area contributed by atoms with E-state index in [1.54, 1.807) is 18.2 Å². The monoisotopic (exact) mass is 409 g/mol. The van der Waals surface area contributed by atoms with Crippen molar-refractivity contribution in [2.24, 2.45) is 0 Å². The van der Waals surface area contributed by atoms with Crippen LogP contribution in [0.2, 0.25) is 10.0 Å². The molecule has 8 heteroatoms. The molecule has 1 fully saturated rings. The summed E-state index contributed by atoms with van der Waals surface area (Å²) in [4.78, 5) is 26.7. The standard InChI is InChI=1S/C19H18Cl2FN3O2/c20-12-3-8-16(15(21)10-12)24-19(27)17-2-1-9-25(17)11-18(26)23-14-6-4-13(22)5-7-14/h3-8,10,17H,1-2,9,11H2,(H,23,26)(H,24,27)/t17-/m1/s1. The summed E-state index contributed by atoms with van der Waals surface area (Å²) in [5, 5.41) is 6.34. The number of halogens is 3. The second kappa shape index (κ2) is 8.69. The van der Waals surface area contributed by atoms with Crippen molar-refractivity contribution < 1.29 is 14.0 Å². The number of hydrogen-bond donors (Lipinski definition) is 2. The fourth-order valence-electron chi connectivity index (χ4n) is 3.04. The van der Waals surface area contributed by atoms with Gasteiger partial charge in [-0.3, -0.25) is 14.5 Å².